The topological polar surface area (TPSA) is 63.7 Å². The van der Waals surface area contributed by atoms with E-state index in [0.29, 0.717) is 32.0 Å². The van der Waals surface area contributed by atoms with Gasteiger partial charge in [0.05, 0.1) is 28.2 Å². The Labute approximate surface area is 221 Å². The fourth-order valence-electron chi connectivity index (χ4n) is 5.21. The molecule has 3 aromatic rings. The maximum atomic E-state index is 13.4. The summed E-state index contributed by atoms with van der Waals surface area (Å²) in [6, 6.07) is 15.6. The number of rotatable bonds is 6. The highest BCUT2D eigenvalue weighted by molar-refractivity contribution is 7.92. The molecule has 0 aromatic heterocycles. The lowest BCUT2D eigenvalue weighted by Gasteiger charge is -2.40. The normalized spacial score (nSPS) is 16.4. The van der Waals surface area contributed by atoms with Gasteiger partial charge in [-0.15, -0.1) is 0 Å². The largest absolute Gasteiger partial charge is 0.497 e. The maximum absolute atomic E-state index is 13.4. The molecule has 0 bridgehead atoms. The predicted octanol–water partition coefficient (Wildman–Crippen LogP) is 6.46. The van der Waals surface area contributed by atoms with Crippen molar-refractivity contribution >= 4 is 26.5 Å². The Bertz CT molecular complexity index is 1440. The van der Waals surface area contributed by atoms with Gasteiger partial charge in [0.15, 0.2) is 9.84 Å². The van der Waals surface area contributed by atoms with E-state index >= 15 is 0 Å². The first-order chi connectivity index (χ1) is 17.8. The van der Waals surface area contributed by atoms with Crippen molar-refractivity contribution in [2.24, 2.45) is 5.92 Å². The highest BCUT2D eigenvalue weighted by atomic mass is 32.2. The molecule has 1 saturated heterocycles. The summed E-state index contributed by atoms with van der Waals surface area (Å²) in [4.78, 5) is 14.7. The molecule has 0 aliphatic carbocycles. The van der Waals surface area contributed by atoms with Crippen molar-refractivity contribution in [2.45, 2.75) is 55.3 Å². The zero-order valence-corrected chi connectivity index (χ0v) is 22.7. The first-order valence-electron chi connectivity index (χ1n) is 12.5. The first-order valence-corrected chi connectivity index (χ1v) is 14.0. The number of amides is 1. The van der Waals surface area contributed by atoms with Crippen LogP contribution in [0.5, 0.6) is 5.75 Å². The highest BCUT2D eigenvalue weighted by Crippen LogP contribution is 2.40. The maximum Gasteiger partial charge on any atom is 0.416 e. The van der Waals surface area contributed by atoms with E-state index < -0.39 is 26.3 Å². The zero-order chi connectivity index (χ0) is 27.9. The van der Waals surface area contributed by atoms with Crippen LogP contribution >= 0.6 is 0 Å². The fourth-order valence-corrected chi connectivity index (χ4v) is 7.03. The van der Waals surface area contributed by atoms with Gasteiger partial charge in [-0.05, 0) is 86.2 Å². The van der Waals surface area contributed by atoms with Crippen molar-refractivity contribution < 1.29 is 31.1 Å². The second kappa shape index (κ2) is 10.2. The Morgan fingerprint density at radius 3 is 2.24 bits per heavy atom. The molecule has 3 aromatic carbocycles. The number of nitrogens with zero attached hydrogens (tertiary/aromatic N) is 1. The van der Waals surface area contributed by atoms with Gasteiger partial charge in [-0.3, -0.25) is 4.79 Å². The Morgan fingerprint density at radius 1 is 0.974 bits per heavy atom. The third-order valence-electron chi connectivity index (χ3n) is 7.90. The van der Waals surface area contributed by atoms with Gasteiger partial charge in [-0.25, -0.2) is 8.42 Å². The minimum absolute atomic E-state index is 0.0325. The first kappa shape index (κ1) is 28.0. The number of hydrogen-bond donors (Lipinski definition) is 0. The molecule has 9 heteroatoms. The number of sulfone groups is 1. The van der Waals surface area contributed by atoms with E-state index in [9.17, 15) is 26.4 Å². The molecule has 1 atom stereocenters. The van der Waals surface area contributed by atoms with Gasteiger partial charge in [0, 0.05) is 13.1 Å². The number of likely N-dealkylation sites (tertiary alicyclic amines) is 1. The van der Waals surface area contributed by atoms with Crippen molar-refractivity contribution in [3.8, 4) is 5.75 Å². The zero-order valence-electron chi connectivity index (χ0n) is 21.9. The van der Waals surface area contributed by atoms with E-state index in [2.05, 4.69) is 0 Å². The van der Waals surface area contributed by atoms with Gasteiger partial charge >= 0.3 is 6.18 Å². The number of ether oxygens (including phenoxy) is 1. The third-order valence-corrected chi connectivity index (χ3v) is 10.5. The molecule has 0 saturated carbocycles. The van der Waals surface area contributed by atoms with Crippen LogP contribution in [0.4, 0.5) is 13.2 Å². The molecule has 4 rings (SSSR count). The van der Waals surface area contributed by atoms with Crippen LogP contribution in [0.3, 0.4) is 0 Å². The summed E-state index contributed by atoms with van der Waals surface area (Å²) in [5.74, 6) is 0.0436. The van der Waals surface area contributed by atoms with Gasteiger partial charge in [0.1, 0.15) is 5.75 Å². The van der Waals surface area contributed by atoms with E-state index in [1.807, 2.05) is 43.3 Å². The number of fused-ring (bicyclic) bond motifs is 1. The number of piperidine rings is 1. The van der Waals surface area contributed by atoms with Gasteiger partial charge in [0.25, 0.3) is 0 Å². The van der Waals surface area contributed by atoms with Crippen LogP contribution in [0.25, 0.3) is 10.8 Å². The smallest absolute Gasteiger partial charge is 0.416 e. The van der Waals surface area contributed by atoms with E-state index in [1.54, 1.807) is 25.9 Å². The summed E-state index contributed by atoms with van der Waals surface area (Å²) in [5, 5.41) is 2.01. The van der Waals surface area contributed by atoms with Crippen molar-refractivity contribution in [2.75, 3.05) is 20.2 Å². The predicted molar refractivity (Wildman–Crippen MR) is 141 cm³/mol. The van der Waals surface area contributed by atoms with Crippen molar-refractivity contribution in [1.82, 2.24) is 4.90 Å². The quantitative estimate of drug-likeness (QED) is 0.355. The summed E-state index contributed by atoms with van der Waals surface area (Å²) in [7, 11) is -2.44. The van der Waals surface area contributed by atoms with Crippen LogP contribution in [0, 0.1) is 5.92 Å². The van der Waals surface area contributed by atoms with E-state index in [-0.39, 0.29) is 22.6 Å². The van der Waals surface area contributed by atoms with E-state index in [1.165, 1.54) is 6.07 Å². The van der Waals surface area contributed by atoms with Crippen LogP contribution in [0.1, 0.15) is 50.7 Å². The van der Waals surface area contributed by atoms with Gasteiger partial charge < -0.3 is 9.64 Å². The molecule has 0 spiro atoms. The average Bonchev–Trinajstić information content (AvgIpc) is 2.91. The minimum atomic E-state index is -4.63. The van der Waals surface area contributed by atoms with Crippen LogP contribution < -0.4 is 4.74 Å². The van der Waals surface area contributed by atoms with Crippen molar-refractivity contribution in [1.29, 1.82) is 0 Å². The number of benzene rings is 3. The number of methoxy groups -OCH3 is 1. The SMILES string of the molecule is COc1ccc2cc([C@H](C)C(=O)N3CCC(C(C)(C)S(=O)(=O)c4cccc(C(F)(F)F)c4)CC3)ccc2c1. The van der Waals surface area contributed by atoms with Crippen LogP contribution in [0.15, 0.2) is 65.6 Å². The molecule has 1 amide bonds. The Hall–Kier alpha value is -3.07. The second-order valence-electron chi connectivity index (χ2n) is 10.4. The number of alkyl halides is 3. The molecule has 0 unspecified atom stereocenters. The molecule has 1 aliphatic rings. The summed E-state index contributed by atoms with van der Waals surface area (Å²) < 4.78 is 70.4. The standard InChI is InChI=1S/C29H32F3NO4S/c1-19(20-8-9-22-17-25(37-4)11-10-21(22)16-20)27(34)33-14-12-23(13-15-33)28(2,3)38(35,36)26-7-5-6-24(18-26)29(30,31)32/h5-11,16-19,23H,12-15H2,1-4H3/t19-/m0/s1. The van der Waals surface area contributed by atoms with Crippen molar-refractivity contribution in [3.63, 3.8) is 0 Å². The molecule has 0 N–H and O–H groups in total. The van der Waals surface area contributed by atoms with Crippen LogP contribution in [-0.4, -0.2) is 44.2 Å². The molecule has 5 nitrogen and oxygen atoms in total. The van der Waals surface area contributed by atoms with Gasteiger partial charge in [-0.2, -0.15) is 13.2 Å². The molecule has 1 fully saturated rings. The molecule has 38 heavy (non-hydrogen) atoms. The summed E-state index contributed by atoms with van der Waals surface area (Å²) in [5.41, 5.74) is -0.0983. The van der Waals surface area contributed by atoms with Gasteiger partial charge in [-0.1, -0.05) is 30.3 Å². The number of carbonyl (C=O) groups is 1. The summed E-state index contributed by atoms with van der Waals surface area (Å²) in [6.07, 6.45) is -3.74. The lowest BCUT2D eigenvalue weighted by Crippen LogP contribution is -2.48. The molecule has 1 aliphatic heterocycles. The highest BCUT2D eigenvalue weighted by Gasteiger charge is 2.45. The summed E-state index contributed by atoms with van der Waals surface area (Å²) in [6.45, 7) is 5.77. The molecule has 1 heterocycles. The Balaban J connectivity index is 1.46. The van der Waals surface area contributed by atoms with Gasteiger partial charge in [0.2, 0.25) is 5.91 Å². The second-order valence-corrected chi connectivity index (χ2v) is 13.0. The van der Waals surface area contributed by atoms with Crippen molar-refractivity contribution in [3.05, 3.63) is 71.8 Å². The lowest BCUT2D eigenvalue weighted by atomic mass is 9.85. The number of hydrogen-bond acceptors (Lipinski definition) is 4. The van der Waals surface area contributed by atoms with E-state index in [0.717, 1.165) is 34.2 Å². The number of carbonyl (C=O) groups excluding carboxylic acids is 1. The molecule has 204 valence electrons. The fraction of sp³-hybridized carbons (Fsp3) is 0.414. The number of halogens is 3. The minimum Gasteiger partial charge on any atom is -0.497 e. The van der Waals surface area contributed by atoms with E-state index in [4.69, 9.17) is 4.74 Å². The molecular formula is C29H32F3NO4S. The molecule has 0 radical (unpaired) electrons. The van der Waals surface area contributed by atoms with Crippen LogP contribution in [0.2, 0.25) is 0 Å². The Morgan fingerprint density at radius 2 is 1.61 bits per heavy atom. The van der Waals surface area contributed by atoms with Crippen LogP contribution in [-0.2, 0) is 20.8 Å². The molecular weight excluding hydrogens is 515 g/mol. The third kappa shape index (κ3) is 5.25. The summed E-state index contributed by atoms with van der Waals surface area (Å²) >= 11 is 0. The lowest BCUT2D eigenvalue weighted by molar-refractivity contribution is -0.137. The Kier molecular flexibility index (Phi) is 7.54. The monoisotopic (exact) mass is 547 g/mol. The average molecular weight is 548 g/mol.